The molecule has 4 aromatic heterocycles. The van der Waals surface area contributed by atoms with E-state index < -0.39 is 48.6 Å². The number of phenolic OH excluding ortho intramolecular Hbond substituents is 4. The molecule has 18 nitrogen and oxygen atoms in total. The summed E-state index contributed by atoms with van der Waals surface area (Å²) < 4.78 is 78.0. The quantitative estimate of drug-likeness (QED) is 0.0168. The number of alkyl halides is 4. The van der Waals surface area contributed by atoms with Crippen LogP contribution in [-0.4, -0.2) is 73.4 Å². The van der Waals surface area contributed by atoms with Gasteiger partial charge in [-0.25, -0.2) is 28.0 Å². The second kappa shape index (κ2) is 48.9. The molecule has 4 N–H and O–H groups in total. The minimum absolute atomic E-state index is 0. The monoisotopic (exact) mass is 1780 g/mol. The molecule has 102 heavy (non-hydrogen) atoms. The fraction of sp³-hybridized carbons (Fsp3) is 0.149. The van der Waals surface area contributed by atoms with Gasteiger partial charge in [-0.1, -0.05) is 162 Å². The van der Waals surface area contributed by atoms with Gasteiger partial charge in [0.25, 0.3) is 6.47 Å². The summed E-state index contributed by atoms with van der Waals surface area (Å²) in [6.45, 7) is 1.59. The zero-order valence-corrected chi connectivity index (χ0v) is 73.3. The molecule has 0 fully saturated rings. The van der Waals surface area contributed by atoms with Crippen molar-refractivity contribution in [1.82, 2.24) is 0 Å². The summed E-state index contributed by atoms with van der Waals surface area (Å²) in [6.07, 6.45) is 6.20. The maximum Gasteiger partial charge on any atom is 1.00 e. The molecule has 28 heteroatoms. The van der Waals surface area contributed by atoms with Gasteiger partial charge in [-0.05, 0) is 113 Å². The molecule has 524 valence electrons. The topological polar surface area (TPSA) is 279 Å². The van der Waals surface area contributed by atoms with Crippen molar-refractivity contribution in [2.75, 3.05) is 45.2 Å². The number of aryl methyl sites for hydroxylation is 2. The average molecular weight is 1780 g/mol. The molecule has 5 heterocycles. The number of carbonyl (C=O) groups excluding carboxylic acids is 1. The Morgan fingerprint density at radius 2 is 0.873 bits per heavy atom. The normalized spacial score (nSPS) is 10.8. The number of aromatic hydroxyl groups is 4. The molecule has 2 atom stereocenters. The van der Waals surface area contributed by atoms with Gasteiger partial charge >= 0.3 is 162 Å². The summed E-state index contributed by atoms with van der Waals surface area (Å²) in [4.78, 5) is 58.3. The maximum atomic E-state index is 12.4. The van der Waals surface area contributed by atoms with E-state index in [-0.39, 0.29) is 218 Å². The van der Waals surface area contributed by atoms with Gasteiger partial charge in [0.2, 0.25) is 11.5 Å². The fourth-order valence-electron chi connectivity index (χ4n) is 9.52. The first-order chi connectivity index (χ1) is 48.3. The number of rotatable bonds is 12. The van der Waals surface area contributed by atoms with Crippen LogP contribution in [0.3, 0.4) is 0 Å². The van der Waals surface area contributed by atoms with Gasteiger partial charge in [0.05, 0.1) is 28.5 Å². The number of hydrogen-bond donors (Lipinski definition) is 4. The zero-order chi connectivity index (χ0) is 72.5. The molecule has 0 bridgehead atoms. The number of carbonyl (C=O) groups is 1. The predicted molar refractivity (Wildman–Crippen MR) is 396 cm³/mol. The number of hydrogen-bond acceptors (Lipinski definition) is 19. The van der Waals surface area contributed by atoms with E-state index in [0.717, 1.165) is 56.3 Å². The van der Waals surface area contributed by atoms with Crippen molar-refractivity contribution in [3.05, 3.63) is 259 Å². The molecule has 8 aromatic carbocycles. The Kier molecular flexibility index (Phi) is 42.4. The third-order valence-corrected chi connectivity index (χ3v) is 14.1. The standard InChI is InChI=1S/C18H15FO3.C17H13FO4.C16H12O3.C15H10O4.C5H8O.C2H4BrF.CH2O3.ClH.2Cs.H2P2S.H/c1-12-7-8-14-15(13-5-3-2-4-6-13)11-16(20)22-18(14)17(12)21-10-9-19;18-8-9-21-17-14(19)7-6-12-13(10-15(20)22-16(12)17)11-4-2-1-3-5-11;1-10-7-8-12-13(11-5-3-2-4-6-11)9-14(17)19-16(12)15(10)18;16-12-7-6-10-11(9-4-2-1-3-5-9)8-13(17)19-15(10)14(12)18;1-2-4-6-5-3-1;3-1-2-4;2-1-4-3;;;;1-2-3;/h2-8,11H,9-10H2,1H3;1-7,10,19H,8-9H2;2-9,18H,1H3;1-8,16,18H;2,4H,1,3,5H2;1-2H2;1,3H;1H;;;1H2;/q;;;;;;;;2*+1;;-1/i/hT. The minimum Gasteiger partial charge on any atom is -1.00 e. The number of ether oxygens (including phenoxy) is 3. The Labute approximate surface area is 726 Å². The third-order valence-electron chi connectivity index (χ3n) is 13.8. The smallest absolute Gasteiger partial charge is 1.00 e. The second-order valence-corrected chi connectivity index (χ2v) is 23.8. The molecule has 12 aromatic rings. The summed E-state index contributed by atoms with van der Waals surface area (Å²) in [5.41, 5.74) is 6.49. The van der Waals surface area contributed by atoms with Crippen LogP contribution in [0.5, 0.6) is 34.5 Å². The van der Waals surface area contributed by atoms with E-state index in [1.165, 1.54) is 49.2 Å². The van der Waals surface area contributed by atoms with Crippen molar-refractivity contribution in [1.29, 1.82) is 1.28 Å². The van der Waals surface area contributed by atoms with Crippen LogP contribution in [0.2, 0.25) is 0 Å². The molecule has 0 saturated heterocycles. The number of allylic oxidation sites excluding steroid dienone is 1. The molecule has 1 aliphatic rings. The number of phenols is 4. The van der Waals surface area contributed by atoms with E-state index in [9.17, 15) is 52.8 Å². The Morgan fingerprint density at radius 3 is 1.20 bits per heavy atom. The van der Waals surface area contributed by atoms with Gasteiger partial charge in [-0.15, -0.1) is 12.4 Å². The number of fused-ring (bicyclic) bond motifs is 4. The van der Waals surface area contributed by atoms with Gasteiger partial charge < -0.3 is 63.9 Å². The fourth-order valence-corrected chi connectivity index (χ4v) is 9.52. The van der Waals surface area contributed by atoms with E-state index in [0.29, 0.717) is 44.1 Å². The summed E-state index contributed by atoms with van der Waals surface area (Å²) in [6, 6.07) is 56.9. The first kappa shape index (κ1) is 88.4. The molecule has 0 amide bonds. The van der Waals surface area contributed by atoms with Gasteiger partial charge in [0, 0.05) is 51.1 Å². The molecule has 0 aliphatic carbocycles. The van der Waals surface area contributed by atoms with Crippen LogP contribution in [0.15, 0.2) is 243 Å². The van der Waals surface area contributed by atoms with E-state index in [1.54, 1.807) is 25.3 Å². The van der Waals surface area contributed by atoms with Gasteiger partial charge in [-0.3, -0.25) is 9.18 Å². The SMILES string of the molecule is C1=COCCC1.Cc1ccc2c(-c3ccccc3)cc(=O)oc2c1O.Cc1ccc2c(-c3ccccc3)cc(=O)oc2c1OCCF.Cl.FCCBr.O=CO[O-].O=c1cc(-c2ccccc2)c2ccc(O)c(O)c2o1.O=c1cc(-c2ccccc2)c2ccc(O)c(OCCF)c2o1.[3H][P+](P)=S.[Cs+].[Cs+].[H-]. The van der Waals surface area contributed by atoms with E-state index in [1.807, 2.05) is 159 Å². The molecule has 1 aliphatic heterocycles. The molecular formula is C74H68BrClCs2F3O18P2S+. The maximum absolute atomic E-state index is 12.4. The Morgan fingerprint density at radius 1 is 0.549 bits per heavy atom. The van der Waals surface area contributed by atoms with Crippen LogP contribution < -0.4 is 175 Å². The Bertz CT molecular complexity index is 4640. The van der Waals surface area contributed by atoms with Crippen molar-refractivity contribution in [2.24, 2.45) is 0 Å². The predicted octanol–water partition coefficient (Wildman–Crippen LogP) is 10.5. The average Bonchev–Trinajstić information content (AvgIpc) is 0.813. The van der Waals surface area contributed by atoms with Crippen molar-refractivity contribution in [3.63, 3.8) is 0 Å². The van der Waals surface area contributed by atoms with Crippen LogP contribution in [0.25, 0.3) is 88.4 Å². The number of benzene rings is 8. The summed E-state index contributed by atoms with van der Waals surface area (Å²) in [5, 5.41) is 50.7. The van der Waals surface area contributed by atoms with Crippen LogP contribution >= 0.6 is 44.3 Å². The van der Waals surface area contributed by atoms with Crippen LogP contribution in [0.1, 0.15) is 25.4 Å². The summed E-state index contributed by atoms with van der Waals surface area (Å²) in [7, 11) is 2.20. The largest absolute Gasteiger partial charge is 1.00 e. The van der Waals surface area contributed by atoms with Gasteiger partial charge in [0.1, 0.15) is 26.6 Å². The van der Waals surface area contributed by atoms with Crippen molar-refractivity contribution < 1.29 is 220 Å². The number of halogens is 5. The van der Waals surface area contributed by atoms with E-state index >= 15 is 0 Å². The van der Waals surface area contributed by atoms with Gasteiger partial charge in [-0.2, -0.15) is 0 Å². The minimum atomic E-state index is -0.870. The van der Waals surface area contributed by atoms with Crippen molar-refractivity contribution in [2.45, 2.75) is 26.7 Å². The summed E-state index contributed by atoms with van der Waals surface area (Å²) >= 11 is 7.19. The Hall–Kier alpha value is -6.02. The van der Waals surface area contributed by atoms with E-state index in [2.05, 4.69) is 41.6 Å². The first-order valence-corrected chi connectivity index (χ1v) is 34.5. The van der Waals surface area contributed by atoms with Crippen molar-refractivity contribution in [3.8, 4) is 79.0 Å². The molecule has 0 saturated carbocycles. The molecule has 13 rings (SSSR count). The Balaban J connectivity index is 0.000000431. The molecule has 2 unspecified atom stereocenters. The van der Waals surface area contributed by atoms with Crippen LogP contribution in [0, 0.1) is 13.8 Å². The molecule has 0 spiro atoms. The second-order valence-electron chi connectivity index (χ2n) is 20.3. The van der Waals surface area contributed by atoms with Crippen molar-refractivity contribution >= 4 is 106 Å². The third kappa shape index (κ3) is 26.8. The van der Waals surface area contributed by atoms with Crippen LogP contribution in [-0.2, 0) is 26.2 Å². The first-order valence-electron chi connectivity index (χ1n) is 30.3. The molecular weight excluding hydrogens is 1710 g/mol. The summed E-state index contributed by atoms with van der Waals surface area (Å²) in [5.74, 6) is -0.523. The zero-order valence-electron chi connectivity index (χ0n) is 57.4. The van der Waals surface area contributed by atoms with E-state index in [4.69, 9.17) is 43.2 Å². The molecule has 0 radical (unpaired) electrons. The van der Waals surface area contributed by atoms with Gasteiger partial charge in [0.15, 0.2) is 64.1 Å². The van der Waals surface area contributed by atoms with Crippen LogP contribution in [0.4, 0.5) is 13.2 Å².